The number of carbonyl (C=O) groups is 1. The second-order valence-electron chi connectivity index (χ2n) is 3.77. The number of rotatable bonds is 6. The van der Waals surface area contributed by atoms with Gasteiger partial charge in [0.25, 0.3) is 0 Å². The molecule has 1 aromatic rings. The van der Waals surface area contributed by atoms with Crippen molar-refractivity contribution in [3.63, 3.8) is 0 Å². The van der Waals surface area contributed by atoms with Crippen LogP contribution in [0.4, 0.5) is 5.95 Å². The van der Waals surface area contributed by atoms with Gasteiger partial charge in [-0.05, 0) is 5.92 Å². The topological polar surface area (TPSA) is 84.3 Å². The molecule has 0 aliphatic carbocycles. The fourth-order valence-corrected chi connectivity index (χ4v) is 1.35. The number of ether oxygens (including phenoxy) is 1. The molecule has 0 aromatic carbocycles. The van der Waals surface area contributed by atoms with Gasteiger partial charge in [0.1, 0.15) is 6.04 Å². The molecule has 1 aromatic heterocycles. The molecule has 0 aliphatic heterocycles. The van der Waals surface area contributed by atoms with Gasteiger partial charge < -0.3 is 15.2 Å². The summed E-state index contributed by atoms with van der Waals surface area (Å²) < 4.78 is 4.95. The van der Waals surface area contributed by atoms with Crippen molar-refractivity contribution in [2.24, 2.45) is 5.92 Å². The van der Waals surface area contributed by atoms with Gasteiger partial charge in [0, 0.05) is 12.3 Å². The van der Waals surface area contributed by atoms with Gasteiger partial charge in [0.2, 0.25) is 11.8 Å². The lowest BCUT2D eigenvalue weighted by atomic mass is 9.99. The van der Waals surface area contributed by atoms with Crippen molar-refractivity contribution in [2.75, 3.05) is 12.4 Å². The highest BCUT2D eigenvalue weighted by Crippen LogP contribution is 2.14. The maximum absolute atomic E-state index is 11.1. The highest BCUT2D eigenvalue weighted by Gasteiger charge is 2.24. The molecule has 1 rings (SSSR count). The van der Waals surface area contributed by atoms with Crippen molar-refractivity contribution >= 4 is 11.9 Å². The van der Waals surface area contributed by atoms with Crippen LogP contribution in [-0.2, 0) is 4.79 Å². The third-order valence-electron chi connectivity index (χ3n) is 2.60. The summed E-state index contributed by atoms with van der Waals surface area (Å²) in [4.78, 5) is 19.1. The molecular weight excluding hydrogens is 222 g/mol. The van der Waals surface area contributed by atoms with E-state index >= 15 is 0 Å². The van der Waals surface area contributed by atoms with Gasteiger partial charge >= 0.3 is 5.97 Å². The van der Waals surface area contributed by atoms with Crippen LogP contribution in [0.5, 0.6) is 5.88 Å². The molecule has 94 valence electrons. The second kappa shape index (κ2) is 6.03. The average Bonchev–Trinajstić information content (AvgIpc) is 2.35. The van der Waals surface area contributed by atoms with Gasteiger partial charge in [-0.2, -0.15) is 4.98 Å². The normalized spacial score (nSPS) is 13.8. The van der Waals surface area contributed by atoms with E-state index in [-0.39, 0.29) is 11.9 Å². The van der Waals surface area contributed by atoms with Gasteiger partial charge in [-0.1, -0.05) is 20.3 Å². The SMILES string of the molecule is CC[C@H](C)[C@H](Nc1nccc(OC)n1)C(=O)O. The van der Waals surface area contributed by atoms with Crippen LogP contribution in [0.25, 0.3) is 0 Å². The Morgan fingerprint density at radius 3 is 2.88 bits per heavy atom. The van der Waals surface area contributed by atoms with E-state index < -0.39 is 12.0 Å². The molecule has 0 fully saturated rings. The minimum Gasteiger partial charge on any atom is -0.481 e. The molecule has 0 spiro atoms. The van der Waals surface area contributed by atoms with E-state index in [4.69, 9.17) is 9.84 Å². The number of hydrogen-bond donors (Lipinski definition) is 2. The van der Waals surface area contributed by atoms with E-state index in [1.165, 1.54) is 13.3 Å². The van der Waals surface area contributed by atoms with Crippen molar-refractivity contribution in [1.82, 2.24) is 9.97 Å². The maximum Gasteiger partial charge on any atom is 0.326 e. The highest BCUT2D eigenvalue weighted by molar-refractivity contribution is 5.76. The standard InChI is InChI=1S/C11H17N3O3/c1-4-7(2)9(10(15)16)14-11-12-6-5-8(13-11)17-3/h5-7,9H,4H2,1-3H3,(H,15,16)(H,12,13,14)/t7-,9-/m0/s1. The Labute approximate surface area is 100 Å². The number of hydrogen-bond acceptors (Lipinski definition) is 5. The summed E-state index contributed by atoms with van der Waals surface area (Å²) in [6, 6.07) is 0.900. The quantitative estimate of drug-likeness (QED) is 0.780. The van der Waals surface area contributed by atoms with Crippen molar-refractivity contribution in [3.05, 3.63) is 12.3 Å². The number of methoxy groups -OCH3 is 1. The highest BCUT2D eigenvalue weighted by atomic mass is 16.5. The van der Waals surface area contributed by atoms with Crippen LogP contribution in [0.3, 0.4) is 0 Å². The molecule has 0 amide bonds. The summed E-state index contributed by atoms with van der Waals surface area (Å²) in [5, 5.41) is 11.9. The van der Waals surface area contributed by atoms with Gasteiger partial charge in [-0.25, -0.2) is 9.78 Å². The smallest absolute Gasteiger partial charge is 0.326 e. The van der Waals surface area contributed by atoms with Gasteiger partial charge in [-0.3, -0.25) is 0 Å². The molecule has 0 radical (unpaired) electrons. The molecule has 0 aliphatic rings. The Balaban J connectivity index is 2.82. The average molecular weight is 239 g/mol. The lowest BCUT2D eigenvalue weighted by Crippen LogP contribution is -2.36. The molecule has 2 N–H and O–H groups in total. The molecule has 0 saturated carbocycles. The van der Waals surface area contributed by atoms with Gasteiger partial charge in [-0.15, -0.1) is 0 Å². The number of aliphatic carboxylic acids is 1. The Kier molecular flexibility index (Phi) is 4.68. The molecular formula is C11H17N3O3. The van der Waals surface area contributed by atoms with Crippen molar-refractivity contribution in [2.45, 2.75) is 26.3 Å². The number of anilines is 1. The number of nitrogens with zero attached hydrogens (tertiary/aromatic N) is 2. The summed E-state index contributed by atoms with van der Waals surface area (Å²) in [6.07, 6.45) is 2.28. The third-order valence-corrected chi connectivity index (χ3v) is 2.60. The van der Waals surface area contributed by atoms with Crippen molar-refractivity contribution in [3.8, 4) is 5.88 Å². The zero-order valence-corrected chi connectivity index (χ0v) is 10.2. The predicted octanol–water partition coefficient (Wildman–Crippen LogP) is 1.40. The van der Waals surface area contributed by atoms with Crippen LogP contribution in [0.2, 0.25) is 0 Å². The zero-order chi connectivity index (χ0) is 12.8. The van der Waals surface area contributed by atoms with E-state index in [2.05, 4.69) is 15.3 Å². The van der Waals surface area contributed by atoms with E-state index in [0.717, 1.165) is 6.42 Å². The molecule has 0 bridgehead atoms. The summed E-state index contributed by atoms with van der Waals surface area (Å²) in [6.45, 7) is 3.81. The molecule has 0 unspecified atom stereocenters. The first-order chi connectivity index (χ1) is 8.08. The first-order valence-corrected chi connectivity index (χ1v) is 5.44. The minimum absolute atomic E-state index is 0.0118. The number of nitrogens with one attached hydrogen (secondary N) is 1. The fraction of sp³-hybridized carbons (Fsp3) is 0.545. The number of carboxylic acid groups (broad SMARTS) is 1. The van der Waals surface area contributed by atoms with Crippen LogP contribution in [0, 0.1) is 5.92 Å². The van der Waals surface area contributed by atoms with Crippen LogP contribution in [-0.4, -0.2) is 34.2 Å². The molecule has 0 saturated heterocycles. The van der Waals surface area contributed by atoms with Crippen LogP contribution >= 0.6 is 0 Å². The Bertz CT molecular complexity index is 384. The van der Waals surface area contributed by atoms with Gasteiger partial charge in [0.05, 0.1) is 7.11 Å². The Morgan fingerprint density at radius 2 is 2.35 bits per heavy atom. The number of aromatic nitrogens is 2. The fourth-order valence-electron chi connectivity index (χ4n) is 1.35. The lowest BCUT2D eigenvalue weighted by Gasteiger charge is -2.19. The predicted molar refractivity (Wildman–Crippen MR) is 63.1 cm³/mol. The molecule has 6 nitrogen and oxygen atoms in total. The summed E-state index contributed by atoms with van der Waals surface area (Å²) in [5.74, 6) is -0.263. The van der Waals surface area contributed by atoms with Crippen LogP contribution in [0.15, 0.2) is 12.3 Å². The summed E-state index contributed by atoms with van der Waals surface area (Å²) in [7, 11) is 1.50. The van der Waals surface area contributed by atoms with E-state index in [0.29, 0.717) is 5.88 Å². The first-order valence-electron chi connectivity index (χ1n) is 5.44. The number of carboxylic acids is 1. The Morgan fingerprint density at radius 1 is 1.65 bits per heavy atom. The Hall–Kier alpha value is -1.85. The minimum atomic E-state index is -0.911. The lowest BCUT2D eigenvalue weighted by molar-refractivity contribution is -0.139. The van der Waals surface area contributed by atoms with E-state index in [1.54, 1.807) is 6.07 Å². The molecule has 17 heavy (non-hydrogen) atoms. The van der Waals surface area contributed by atoms with Crippen molar-refractivity contribution in [1.29, 1.82) is 0 Å². The van der Waals surface area contributed by atoms with E-state index in [9.17, 15) is 4.79 Å². The second-order valence-corrected chi connectivity index (χ2v) is 3.77. The van der Waals surface area contributed by atoms with Crippen LogP contribution < -0.4 is 10.1 Å². The third kappa shape index (κ3) is 3.58. The molecule has 2 atom stereocenters. The van der Waals surface area contributed by atoms with E-state index in [1.807, 2.05) is 13.8 Å². The maximum atomic E-state index is 11.1. The summed E-state index contributed by atoms with van der Waals surface area (Å²) in [5.41, 5.74) is 0. The monoisotopic (exact) mass is 239 g/mol. The summed E-state index contributed by atoms with van der Waals surface area (Å²) >= 11 is 0. The molecule has 1 heterocycles. The van der Waals surface area contributed by atoms with Crippen molar-refractivity contribution < 1.29 is 14.6 Å². The first kappa shape index (κ1) is 13.2. The van der Waals surface area contributed by atoms with Gasteiger partial charge in [0.15, 0.2) is 0 Å². The zero-order valence-electron chi connectivity index (χ0n) is 10.2. The van der Waals surface area contributed by atoms with Crippen LogP contribution in [0.1, 0.15) is 20.3 Å². The molecule has 6 heteroatoms. The largest absolute Gasteiger partial charge is 0.481 e.